The van der Waals surface area contributed by atoms with E-state index < -0.39 is 0 Å². The Balaban J connectivity index is 2.05. The molecule has 1 N–H and O–H groups in total. The molecule has 1 amide bonds. The van der Waals surface area contributed by atoms with Gasteiger partial charge >= 0.3 is 0 Å². The Bertz CT molecular complexity index is 397. The zero-order chi connectivity index (χ0) is 13.0. The molecule has 2 rings (SSSR count). The maximum atomic E-state index is 12.3. The van der Waals surface area contributed by atoms with Crippen LogP contribution in [-0.2, 0) is 0 Å². The molecule has 1 saturated heterocycles. The number of nitrogens with zero attached hydrogens (tertiary/aromatic N) is 1. The minimum absolute atomic E-state index is 0.0820. The molecule has 0 radical (unpaired) electrons. The number of nitrogens with one attached hydrogen (secondary N) is 1. The van der Waals surface area contributed by atoms with Gasteiger partial charge in [0, 0.05) is 23.7 Å². The lowest BCUT2D eigenvalue weighted by molar-refractivity contribution is 0.0720. The van der Waals surface area contributed by atoms with Gasteiger partial charge in [0.05, 0.1) is 0 Å². The van der Waals surface area contributed by atoms with Gasteiger partial charge in [-0.1, -0.05) is 11.6 Å². The molecule has 0 saturated carbocycles. The van der Waals surface area contributed by atoms with Crippen LogP contribution in [0.5, 0.6) is 0 Å². The summed E-state index contributed by atoms with van der Waals surface area (Å²) in [5.41, 5.74) is 0.708. The first-order chi connectivity index (χ1) is 8.68. The Morgan fingerprint density at radius 1 is 1.28 bits per heavy atom. The van der Waals surface area contributed by atoms with Crippen LogP contribution < -0.4 is 5.32 Å². The Kier molecular flexibility index (Phi) is 4.61. The van der Waals surface area contributed by atoms with E-state index in [-0.39, 0.29) is 5.91 Å². The van der Waals surface area contributed by atoms with Crippen LogP contribution >= 0.6 is 11.6 Å². The van der Waals surface area contributed by atoms with Crippen LogP contribution in [-0.4, -0.2) is 37.0 Å². The van der Waals surface area contributed by atoms with Gasteiger partial charge in [0.1, 0.15) is 0 Å². The predicted molar refractivity (Wildman–Crippen MR) is 74.1 cm³/mol. The lowest BCUT2D eigenvalue weighted by atomic mass is 10.1. The molecule has 1 unspecified atom stereocenters. The molecule has 0 aliphatic carbocycles. The third-order valence-electron chi connectivity index (χ3n) is 3.50. The standard InChI is InChI=1S/C14H19ClN2O/c1-17(13-3-2-9-16-10-8-13)14(18)11-4-6-12(15)7-5-11/h4-7,13,16H,2-3,8-10H2,1H3. The molecule has 4 heteroatoms. The van der Waals surface area contributed by atoms with Crippen molar-refractivity contribution >= 4 is 17.5 Å². The highest BCUT2D eigenvalue weighted by Crippen LogP contribution is 2.16. The first-order valence-corrected chi connectivity index (χ1v) is 6.80. The van der Waals surface area contributed by atoms with Crippen molar-refractivity contribution < 1.29 is 4.79 Å². The second-order valence-electron chi connectivity index (χ2n) is 4.76. The summed E-state index contributed by atoms with van der Waals surface area (Å²) < 4.78 is 0. The molecule has 98 valence electrons. The minimum Gasteiger partial charge on any atom is -0.339 e. The fourth-order valence-electron chi connectivity index (χ4n) is 2.35. The summed E-state index contributed by atoms with van der Waals surface area (Å²) in [4.78, 5) is 14.2. The number of halogens is 1. The van der Waals surface area contributed by atoms with Crippen molar-refractivity contribution in [1.29, 1.82) is 0 Å². The topological polar surface area (TPSA) is 32.3 Å². The van der Waals surface area contributed by atoms with Crippen molar-refractivity contribution in [3.8, 4) is 0 Å². The van der Waals surface area contributed by atoms with Gasteiger partial charge in [-0.25, -0.2) is 0 Å². The van der Waals surface area contributed by atoms with E-state index >= 15 is 0 Å². The summed E-state index contributed by atoms with van der Waals surface area (Å²) in [5.74, 6) is 0.0820. The normalized spacial score (nSPS) is 20.2. The zero-order valence-electron chi connectivity index (χ0n) is 10.7. The molecule has 0 spiro atoms. The molecule has 1 aliphatic rings. The molecule has 3 nitrogen and oxygen atoms in total. The Morgan fingerprint density at radius 2 is 2.00 bits per heavy atom. The van der Waals surface area contributed by atoms with Crippen molar-refractivity contribution in [2.75, 3.05) is 20.1 Å². The fraction of sp³-hybridized carbons (Fsp3) is 0.500. The van der Waals surface area contributed by atoms with E-state index in [0.29, 0.717) is 16.6 Å². The molecule has 1 aromatic carbocycles. The third kappa shape index (κ3) is 3.24. The largest absolute Gasteiger partial charge is 0.339 e. The van der Waals surface area contributed by atoms with Gasteiger partial charge in [-0.2, -0.15) is 0 Å². The zero-order valence-corrected chi connectivity index (χ0v) is 11.4. The number of rotatable bonds is 2. The SMILES string of the molecule is CN(C(=O)c1ccc(Cl)cc1)C1CCCNCC1. The first kappa shape index (κ1) is 13.4. The van der Waals surface area contributed by atoms with Gasteiger partial charge in [-0.05, 0) is 56.6 Å². The smallest absolute Gasteiger partial charge is 0.253 e. The monoisotopic (exact) mass is 266 g/mol. The van der Waals surface area contributed by atoms with Gasteiger partial charge in [-0.3, -0.25) is 4.79 Å². The summed E-state index contributed by atoms with van der Waals surface area (Å²) in [6.07, 6.45) is 3.22. The summed E-state index contributed by atoms with van der Waals surface area (Å²) in [5, 5.41) is 4.02. The highest BCUT2D eigenvalue weighted by atomic mass is 35.5. The van der Waals surface area contributed by atoms with E-state index in [1.807, 2.05) is 11.9 Å². The van der Waals surface area contributed by atoms with Gasteiger partial charge in [0.25, 0.3) is 5.91 Å². The molecule has 18 heavy (non-hydrogen) atoms. The lowest BCUT2D eigenvalue weighted by Gasteiger charge is -2.27. The second-order valence-corrected chi connectivity index (χ2v) is 5.19. The average Bonchev–Trinajstić information content (AvgIpc) is 2.67. The summed E-state index contributed by atoms with van der Waals surface area (Å²) in [6.45, 7) is 2.04. The molecule has 0 aromatic heterocycles. The van der Waals surface area contributed by atoms with Crippen molar-refractivity contribution in [2.45, 2.75) is 25.3 Å². The molecule has 1 aliphatic heterocycles. The van der Waals surface area contributed by atoms with Crippen LogP contribution in [0.2, 0.25) is 5.02 Å². The van der Waals surface area contributed by atoms with Crippen LogP contribution in [0.3, 0.4) is 0 Å². The molecule has 0 bridgehead atoms. The Labute approximate surface area is 113 Å². The number of benzene rings is 1. The average molecular weight is 267 g/mol. The highest BCUT2D eigenvalue weighted by Gasteiger charge is 2.21. The van der Waals surface area contributed by atoms with Crippen molar-refractivity contribution in [3.63, 3.8) is 0 Å². The molecule has 1 aromatic rings. The van der Waals surface area contributed by atoms with Crippen LogP contribution in [0.1, 0.15) is 29.6 Å². The highest BCUT2D eigenvalue weighted by molar-refractivity contribution is 6.30. The molecule has 1 fully saturated rings. The molecule has 1 atom stereocenters. The van der Waals surface area contributed by atoms with Gasteiger partial charge < -0.3 is 10.2 Å². The lowest BCUT2D eigenvalue weighted by Crippen LogP contribution is -2.37. The quantitative estimate of drug-likeness (QED) is 0.892. The van der Waals surface area contributed by atoms with Gasteiger partial charge in [-0.15, -0.1) is 0 Å². The van der Waals surface area contributed by atoms with Crippen LogP contribution in [0, 0.1) is 0 Å². The molecular formula is C14H19ClN2O. The second kappa shape index (κ2) is 6.21. The van der Waals surface area contributed by atoms with Gasteiger partial charge in [0.2, 0.25) is 0 Å². The van der Waals surface area contributed by atoms with Crippen molar-refractivity contribution in [3.05, 3.63) is 34.9 Å². The number of hydrogen-bond donors (Lipinski definition) is 1. The van der Waals surface area contributed by atoms with E-state index in [4.69, 9.17) is 11.6 Å². The summed E-state index contributed by atoms with van der Waals surface area (Å²) in [7, 11) is 1.90. The van der Waals surface area contributed by atoms with Crippen LogP contribution in [0.4, 0.5) is 0 Å². The van der Waals surface area contributed by atoms with E-state index in [1.54, 1.807) is 24.3 Å². The number of carbonyl (C=O) groups is 1. The van der Waals surface area contributed by atoms with E-state index in [9.17, 15) is 4.79 Å². The molecule has 1 heterocycles. The summed E-state index contributed by atoms with van der Waals surface area (Å²) in [6, 6.07) is 7.43. The van der Waals surface area contributed by atoms with E-state index in [1.165, 1.54) is 0 Å². The maximum Gasteiger partial charge on any atom is 0.253 e. The Hall–Kier alpha value is -1.06. The molecular weight excluding hydrogens is 248 g/mol. The van der Waals surface area contributed by atoms with E-state index in [2.05, 4.69) is 5.32 Å². The maximum absolute atomic E-state index is 12.3. The van der Waals surface area contributed by atoms with Crippen LogP contribution in [0.25, 0.3) is 0 Å². The van der Waals surface area contributed by atoms with E-state index in [0.717, 1.165) is 32.4 Å². The van der Waals surface area contributed by atoms with Crippen molar-refractivity contribution in [1.82, 2.24) is 10.2 Å². The predicted octanol–water partition coefficient (Wildman–Crippen LogP) is 2.55. The number of amides is 1. The summed E-state index contributed by atoms with van der Waals surface area (Å²) >= 11 is 5.83. The third-order valence-corrected chi connectivity index (χ3v) is 3.76. The minimum atomic E-state index is 0.0820. The van der Waals surface area contributed by atoms with Crippen LogP contribution in [0.15, 0.2) is 24.3 Å². The Morgan fingerprint density at radius 3 is 2.72 bits per heavy atom. The van der Waals surface area contributed by atoms with Gasteiger partial charge in [0.15, 0.2) is 0 Å². The first-order valence-electron chi connectivity index (χ1n) is 6.42. The number of carbonyl (C=O) groups excluding carboxylic acids is 1. The number of hydrogen-bond acceptors (Lipinski definition) is 2. The fourth-order valence-corrected chi connectivity index (χ4v) is 2.48. The van der Waals surface area contributed by atoms with Crippen molar-refractivity contribution in [2.24, 2.45) is 0 Å².